The van der Waals surface area contributed by atoms with Crippen molar-refractivity contribution in [3.63, 3.8) is 0 Å². The summed E-state index contributed by atoms with van der Waals surface area (Å²) in [6.07, 6.45) is 1.65. The molecule has 5 heteroatoms. The predicted molar refractivity (Wildman–Crippen MR) is 63.6 cm³/mol. The van der Waals surface area contributed by atoms with Crippen LogP contribution < -0.4 is 0 Å². The quantitative estimate of drug-likeness (QED) is 0.683. The monoisotopic (exact) mass is 314 g/mol. The van der Waals surface area contributed by atoms with E-state index >= 15 is 0 Å². The largest absolute Gasteiger partial charge is 0.492 e. The molecule has 2 aromatic rings. The van der Waals surface area contributed by atoms with Gasteiger partial charge in [0.05, 0.1) is 5.69 Å². The molecular weight excluding hydrogens is 307 g/mol. The molecule has 0 atom stereocenters. The summed E-state index contributed by atoms with van der Waals surface area (Å²) in [6, 6.07) is 8.50. The highest BCUT2D eigenvalue weighted by Crippen LogP contribution is 2.13. The molecule has 0 bridgehead atoms. The van der Waals surface area contributed by atoms with Crippen LogP contribution in [0, 0.1) is 0 Å². The van der Waals surface area contributed by atoms with Crippen molar-refractivity contribution in [1.82, 2.24) is 9.78 Å². The van der Waals surface area contributed by atoms with Crippen molar-refractivity contribution < 1.29 is 9.90 Å². The Bertz CT molecular complexity index is 490. The van der Waals surface area contributed by atoms with Crippen molar-refractivity contribution in [2.75, 3.05) is 0 Å². The Morgan fingerprint density at radius 2 is 1.93 bits per heavy atom. The maximum atomic E-state index is 11.0. The summed E-state index contributed by atoms with van der Waals surface area (Å²) in [5.74, 6) is -0.0240. The third kappa shape index (κ3) is 2.17. The number of hydrogen-bond donors (Lipinski definition) is 1. The molecule has 0 fully saturated rings. The lowest BCUT2D eigenvalue weighted by Gasteiger charge is -2.00. The molecular formula is C10H7IN2O2. The molecule has 0 aliphatic rings. The Morgan fingerprint density at radius 3 is 2.40 bits per heavy atom. The molecule has 0 spiro atoms. The predicted octanol–water partition coefficient (Wildman–Crippen LogP) is 2.15. The van der Waals surface area contributed by atoms with E-state index in [1.807, 2.05) is 0 Å². The second-order valence-corrected chi connectivity index (χ2v) is 3.92. The summed E-state index contributed by atoms with van der Waals surface area (Å²) >= 11 is 1.74. The molecule has 0 radical (unpaired) electrons. The van der Waals surface area contributed by atoms with Gasteiger partial charge in [-0.05, 0) is 24.3 Å². The Hall–Kier alpha value is -1.37. The van der Waals surface area contributed by atoms with Crippen LogP contribution >= 0.6 is 22.6 Å². The number of halogens is 1. The highest BCUT2D eigenvalue weighted by molar-refractivity contribution is 14.1. The first-order chi connectivity index (χ1) is 7.16. The van der Waals surface area contributed by atoms with E-state index in [1.165, 1.54) is 10.7 Å². The number of hydrogen-bond acceptors (Lipinski definition) is 3. The standard InChI is InChI=1S/C10H7IN2O2/c11-10(15)7-1-3-8(4-2-7)13-6-5-9(14)12-13/h1-6H,(H,12,14). The van der Waals surface area contributed by atoms with Crippen molar-refractivity contribution in [3.8, 4) is 11.6 Å². The lowest BCUT2D eigenvalue weighted by molar-refractivity contribution is 0.110. The van der Waals surface area contributed by atoms with Crippen LogP contribution in [0.2, 0.25) is 0 Å². The van der Waals surface area contributed by atoms with E-state index in [2.05, 4.69) is 5.10 Å². The van der Waals surface area contributed by atoms with E-state index in [4.69, 9.17) is 5.11 Å². The highest BCUT2D eigenvalue weighted by Gasteiger charge is 2.02. The number of carbonyl (C=O) groups excluding carboxylic acids is 1. The normalized spacial score (nSPS) is 10.2. The molecule has 1 N–H and O–H groups in total. The maximum absolute atomic E-state index is 11.0. The molecule has 2 rings (SSSR count). The van der Waals surface area contributed by atoms with Gasteiger partial charge in [0.1, 0.15) is 0 Å². The molecule has 0 saturated carbocycles. The van der Waals surface area contributed by atoms with Crippen molar-refractivity contribution in [1.29, 1.82) is 0 Å². The van der Waals surface area contributed by atoms with Gasteiger partial charge in [-0.25, -0.2) is 4.68 Å². The molecule has 76 valence electrons. The first kappa shape index (κ1) is 10.2. The average Bonchev–Trinajstić information content (AvgIpc) is 2.65. The number of rotatable bonds is 2. The van der Waals surface area contributed by atoms with Crippen molar-refractivity contribution in [3.05, 3.63) is 42.1 Å². The number of benzene rings is 1. The van der Waals surface area contributed by atoms with Gasteiger partial charge in [0.25, 0.3) is 0 Å². The first-order valence-electron chi connectivity index (χ1n) is 4.22. The van der Waals surface area contributed by atoms with Gasteiger partial charge in [0.15, 0.2) is 0 Å². The minimum Gasteiger partial charge on any atom is -0.492 e. The highest BCUT2D eigenvalue weighted by atomic mass is 127. The minimum atomic E-state index is -0.0240. The topological polar surface area (TPSA) is 55.1 Å². The summed E-state index contributed by atoms with van der Waals surface area (Å²) in [6.45, 7) is 0. The SMILES string of the molecule is O=C(I)c1ccc(-n2ccc(O)n2)cc1. The molecule has 4 nitrogen and oxygen atoms in total. The van der Waals surface area contributed by atoms with E-state index in [9.17, 15) is 4.79 Å². The van der Waals surface area contributed by atoms with Crippen LogP contribution in [0.15, 0.2) is 36.5 Å². The fraction of sp³-hybridized carbons (Fsp3) is 0. The summed E-state index contributed by atoms with van der Waals surface area (Å²) in [7, 11) is 0. The average molecular weight is 314 g/mol. The van der Waals surface area contributed by atoms with Gasteiger partial charge in [-0.1, -0.05) is 0 Å². The molecule has 1 aromatic heterocycles. The minimum absolute atomic E-state index is 0.00228. The van der Waals surface area contributed by atoms with E-state index in [0.29, 0.717) is 5.56 Å². The second kappa shape index (κ2) is 4.01. The van der Waals surface area contributed by atoms with E-state index < -0.39 is 0 Å². The van der Waals surface area contributed by atoms with Gasteiger partial charge < -0.3 is 5.11 Å². The number of aromatic nitrogens is 2. The third-order valence-corrected chi connectivity index (χ3v) is 2.56. The lowest BCUT2D eigenvalue weighted by atomic mass is 10.2. The fourth-order valence-electron chi connectivity index (χ4n) is 1.20. The lowest BCUT2D eigenvalue weighted by Crippen LogP contribution is -1.95. The third-order valence-electron chi connectivity index (χ3n) is 1.93. The number of aromatic hydroxyl groups is 1. The molecule has 0 aliphatic heterocycles. The van der Waals surface area contributed by atoms with E-state index in [0.717, 1.165) is 5.69 Å². The molecule has 0 aliphatic carbocycles. The van der Waals surface area contributed by atoms with E-state index in [1.54, 1.807) is 53.1 Å². The summed E-state index contributed by atoms with van der Waals surface area (Å²) in [4.78, 5) is 11.0. The molecule has 1 aromatic carbocycles. The summed E-state index contributed by atoms with van der Waals surface area (Å²) < 4.78 is 1.54. The van der Waals surface area contributed by atoms with Gasteiger partial charge in [0.2, 0.25) is 9.67 Å². The summed E-state index contributed by atoms with van der Waals surface area (Å²) in [5.41, 5.74) is 1.45. The van der Waals surface area contributed by atoms with Crippen LogP contribution in [0.5, 0.6) is 5.88 Å². The van der Waals surface area contributed by atoms with Gasteiger partial charge in [0, 0.05) is 40.4 Å². The Balaban J connectivity index is 2.35. The zero-order chi connectivity index (χ0) is 10.8. The molecule has 1 heterocycles. The van der Waals surface area contributed by atoms with E-state index in [-0.39, 0.29) is 9.67 Å². The maximum Gasteiger partial charge on any atom is 0.230 e. The number of carbonyl (C=O) groups is 1. The van der Waals surface area contributed by atoms with Gasteiger partial charge in [-0.3, -0.25) is 4.79 Å². The Morgan fingerprint density at radius 1 is 1.27 bits per heavy atom. The van der Waals surface area contributed by atoms with Crippen LogP contribution in [-0.4, -0.2) is 18.7 Å². The van der Waals surface area contributed by atoms with Crippen LogP contribution in [0.4, 0.5) is 0 Å². The van der Waals surface area contributed by atoms with Gasteiger partial charge in [-0.2, -0.15) is 0 Å². The molecule has 0 saturated heterocycles. The number of nitrogens with zero attached hydrogens (tertiary/aromatic N) is 2. The summed E-state index contributed by atoms with van der Waals surface area (Å²) in [5, 5.41) is 12.9. The van der Waals surface area contributed by atoms with Crippen LogP contribution in [-0.2, 0) is 0 Å². The van der Waals surface area contributed by atoms with Crippen LogP contribution in [0.1, 0.15) is 10.4 Å². The van der Waals surface area contributed by atoms with Crippen LogP contribution in [0.25, 0.3) is 5.69 Å². The molecule has 15 heavy (non-hydrogen) atoms. The Labute approximate surface area is 99.7 Å². The zero-order valence-corrected chi connectivity index (χ0v) is 9.75. The van der Waals surface area contributed by atoms with Gasteiger partial charge >= 0.3 is 0 Å². The van der Waals surface area contributed by atoms with Gasteiger partial charge in [-0.15, -0.1) is 5.10 Å². The van der Waals surface area contributed by atoms with Crippen molar-refractivity contribution in [2.24, 2.45) is 0 Å². The smallest absolute Gasteiger partial charge is 0.230 e. The zero-order valence-electron chi connectivity index (χ0n) is 7.59. The Kier molecular flexibility index (Phi) is 2.72. The fourth-order valence-corrected chi connectivity index (χ4v) is 1.56. The van der Waals surface area contributed by atoms with Crippen molar-refractivity contribution in [2.45, 2.75) is 0 Å². The van der Waals surface area contributed by atoms with Crippen molar-refractivity contribution >= 4 is 26.4 Å². The van der Waals surface area contributed by atoms with Crippen LogP contribution in [0.3, 0.4) is 0 Å². The second-order valence-electron chi connectivity index (χ2n) is 2.94. The first-order valence-corrected chi connectivity index (χ1v) is 5.29. The molecule has 0 amide bonds. The molecule has 0 unspecified atom stereocenters.